The first-order valence-electron chi connectivity index (χ1n) is 7.08. The highest BCUT2D eigenvalue weighted by atomic mass is 32.1. The molecule has 2 aromatic rings. The Kier molecular flexibility index (Phi) is 5.39. The molecule has 0 bridgehead atoms. The van der Waals surface area contributed by atoms with Gasteiger partial charge in [-0.3, -0.25) is 4.79 Å². The molecule has 0 aliphatic heterocycles. The normalized spacial score (nSPS) is 12.2. The van der Waals surface area contributed by atoms with Gasteiger partial charge in [0.25, 0.3) is 5.91 Å². The zero-order chi connectivity index (χ0) is 15.2. The number of methoxy groups -OCH3 is 1. The number of hydrogen-bond donors (Lipinski definition) is 1. The summed E-state index contributed by atoms with van der Waals surface area (Å²) in [5.41, 5.74) is 1.11. The van der Waals surface area contributed by atoms with Crippen LogP contribution >= 0.6 is 11.3 Å². The number of carbonyl (C=O) groups excluding carboxylic acids is 1. The fraction of sp³-hybridized carbons (Fsp3) is 0.353. The Morgan fingerprint density at radius 3 is 2.48 bits per heavy atom. The molecular formula is C17H21NO2S. The molecule has 0 fully saturated rings. The van der Waals surface area contributed by atoms with Gasteiger partial charge in [-0.25, -0.2) is 0 Å². The minimum atomic E-state index is -0.00790. The van der Waals surface area contributed by atoms with Crippen molar-refractivity contribution in [2.75, 3.05) is 7.11 Å². The van der Waals surface area contributed by atoms with E-state index in [1.54, 1.807) is 7.11 Å². The molecule has 0 aliphatic carbocycles. The van der Waals surface area contributed by atoms with Crippen molar-refractivity contribution in [2.45, 2.75) is 26.3 Å². The molecule has 1 N–H and O–H groups in total. The summed E-state index contributed by atoms with van der Waals surface area (Å²) in [4.78, 5) is 13.0. The maximum Gasteiger partial charge on any atom is 0.261 e. The fourth-order valence-electron chi connectivity index (χ4n) is 2.22. The molecule has 2 rings (SSSR count). The third-order valence-corrected chi connectivity index (χ3v) is 4.14. The molecule has 1 aromatic carbocycles. The third kappa shape index (κ3) is 4.33. The maximum absolute atomic E-state index is 12.3. The number of hydrogen-bond acceptors (Lipinski definition) is 3. The van der Waals surface area contributed by atoms with Crippen molar-refractivity contribution < 1.29 is 9.53 Å². The van der Waals surface area contributed by atoms with Crippen LogP contribution in [0.5, 0.6) is 5.75 Å². The summed E-state index contributed by atoms with van der Waals surface area (Å²) in [5, 5.41) is 5.05. The molecule has 21 heavy (non-hydrogen) atoms. The molecule has 0 saturated carbocycles. The second-order valence-corrected chi connectivity index (χ2v) is 6.35. The Morgan fingerprint density at radius 1 is 1.24 bits per heavy atom. The second kappa shape index (κ2) is 7.27. The van der Waals surface area contributed by atoms with Gasteiger partial charge >= 0.3 is 0 Å². The molecule has 1 amide bonds. The van der Waals surface area contributed by atoms with Crippen LogP contribution in [0, 0.1) is 5.92 Å². The molecule has 0 unspecified atom stereocenters. The van der Waals surface area contributed by atoms with Crippen molar-refractivity contribution in [3.05, 3.63) is 52.2 Å². The van der Waals surface area contributed by atoms with Crippen LogP contribution in [0.2, 0.25) is 0 Å². The summed E-state index contributed by atoms with van der Waals surface area (Å²) >= 11 is 1.46. The largest absolute Gasteiger partial charge is 0.497 e. The first-order chi connectivity index (χ1) is 10.1. The van der Waals surface area contributed by atoms with E-state index in [0.29, 0.717) is 5.92 Å². The minimum absolute atomic E-state index is 0.00790. The van der Waals surface area contributed by atoms with Crippen LogP contribution in [0.4, 0.5) is 0 Å². The van der Waals surface area contributed by atoms with Gasteiger partial charge in [0.15, 0.2) is 0 Å². The first kappa shape index (κ1) is 15.6. The molecule has 0 spiro atoms. The molecule has 0 radical (unpaired) electrons. The highest BCUT2D eigenvalue weighted by Crippen LogP contribution is 2.24. The van der Waals surface area contributed by atoms with E-state index >= 15 is 0 Å². The Bertz CT molecular complexity index is 561. The SMILES string of the molecule is COc1ccc([C@@H](CC(C)C)NC(=O)c2cccs2)cc1. The number of rotatable bonds is 6. The lowest BCUT2D eigenvalue weighted by atomic mass is 9.97. The van der Waals surface area contributed by atoms with E-state index in [1.165, 1.54) is 11.3 Å². The molecule has 4 heteroatoms. The minimum Gasteiger partial charge on any atom is -0.497 e. The van der Waals surface area contributed by atoms with Gasteiger partial charge in [0.1, 0.15) is 5.75 Å². The Morgan fingerprint density at radius 2 is 1.95 bits per heavy atom. The summed E-state index contributed by atoms with van der Waals surface area (Å²) in [5.74, 6) is 1.32. The monoisotopic (exact) mass is 303 g/mol. The molecule has 1 aromatic heterocycles. The smallest absolute Gasteiger partial charge is 0.261 e. The zero-order valence-corrected chi connectivity index (χ0v) is 13.4. The summed E-state index contributed by atoms with van der Waals surface area (Å²) in [6, 6.07) is 11.6. The Labute approximate surface area is 130 Å². The maximum atomic E-state index is 12.3. The van der Waals surface area contributed by atoms with Gasteiger partial charge in [0, 0.05) is 0 Å². The summed E-state index contributed by atoms with van der Waals surface area (Å²) < 4.78 is 5.18. The number of benzene rings is 1. The van der Waals surface area contributed by atoms with Crippen molar-refractivity contribution in [2.24, 2.45) is 5.92 Å². The van der Waals surface area contributed by atoms with Crippen molar-refractivity contribution in [1.82, 2.24) is 5.32 Å². The topological polar surface area (TPSA) is 38.3 Å². The highest BCUT2D eigenvalue weighted by molar-refractivity contribution is 7.12. The molecule has 3 nitrogen and oxygen atoms in total. The van der Waals surface area contributed by atoms with E-state index < -0.39 is 0 Å². The van der Waals surface area contributed by atoms with Gasteiger partial charge in [-0.05, 0) is 41.5 Å². The lowest BCUT2D eigenvalue weighted by molar-refractivity contribution is 0.0936. The van der Waals surface area contributed by atoms with Gasteiger partial charge in [-0.15, -0.1) is 11.3 Å². The number of nitrogens with one attached hydrogen (secondary N) is 1. The van der Waals surface area contributed by atoms with Crippen molar-refractivity contribution in [1.29, 1.82) is 0 Å². The van der Waals surface area contributed by atoms with Gasteiger partial charge in [-0.2, -0.15) is 0 Å². The average Bonchev–Trinajstić information content (AvgIpc) is 3.00. The van der Waals surface area contributed by atoms with Crippen LogP contribution in [0.1, 0.15) is 41.5 Å². The fourth-order valence-corrected chi connectivity index (χ4v) is 2.85. The van der Waals surface area contributed by atoms with E-state index in [-0.39, 0.29) is 11.9 Å². The number of ether oxygens (including phenoxy) is 1. The lowest BCUT2D eigenvalue weighted by Crippen LogP contribution is -2.28. The van der Waals surface area contributed by atoms with E-state index in [0.717, 1.165) is 22.6 Å². The molecule has 0 saturated heterocycles. The van der Waals surface area contributed by atoms with Gasteiger partial charge < -0.3 is 10.1 Å². The number of thiophene rings is 1. The zero-order valence-electron chi connectivity index (χ0n) is 12.6. The molecule has 0 aliphatic rings. The molecule has 112 valence electrons. The second-order valence-electron chi connectivity index (χ2n) is 5.41. The first-order valence-corrected chi connectivity index (χ1v) is 7.96. The van der Waals surface area contributed by atoms with Crippen LogP contribution in [0.15, 0.2) is 41.8 Å². The summed E-state index contributed by atoms with van der Waals surface area (Å²) in [7, 11) is 1.65. The Balaban J connectivity index is 2.15. The van der Waals surface area contributed by atoms with E-state index in [4.69, 9.17) is 4.74 Å². The average molecular weight is 303 g/mol. The van der Waals surface area contributed by atoms with Crippen LogP contribution in [0.25, 0.3) is 0 Å². The quantitative estimate of drug-likeness (QED) is 0.865. The van der Waals surface area contributed by atoms with Crippen molar-refractivity contribution in [3.8, 4) is 5.75 Å². The molecular weight excluding hydrogens is 282 g/mol. The van der Waals surface area contributed by atoms with Crippen molar-refractivity contribution in [3.63, 3.8) is 0 Å². The van der Waals surface area contributed by atoms with E-state index in [1.807, 2.05) is 41.8 Å². The predicted molar refractivity (Wildman–Crippen MR) is 87.0 cm³/mol. The molecule has 1 heterocycles. The number of amides is 1. The van der Waals surface area contributed by atoms with Gasteiger partial charge in [0.2, 0.25) is 0 Å². The van der Waals surface area contributed by atoms with E-state index in [9.17, 15) is 4.79 Å². The lowest BCUT2D eigenvalue weighted by Gasteiger charge is -2.21. The van der Waals surface area contributed by atoms with Crippen LogP contribution in [-0.2, 0) is 0 Å². The summed E-state index contributed by atoms with van der Waals surface area (Å²) in [6.07, 6.45) is 0.906. The predicted octanol–water partition coefficient (Wildman–Crippen LogP) is 4.27. The van der Waals surface area contributed by atoms with Gasteiger partial charge in [-0.1, -0.05) is 32.0 Å². The highest BCUT2D eigenvalue weighted by Gasteiger charge is 2.17. The third-order valence-electron chi connectivity index (χ3n) is 3.28. The Hall–Kier alpha value is -1.81. The number of carbonyl (C=O) groups is 1. The van der Waals surface area contributed by atoms with Crippen LogP contribution in [0.3, 0.4) is 0 Å². The molecule has 1 atom stereocenters. The van der Waals surface area contributed by atoms with E-state index in [2.05, 4.69) is 19.2 Å². The van der Waals surface area contributed by atoms with Crippen LogP contribution < -0.4 is 10.1 Å². The summed E-state index contributed by atoms with van der Waals surface area (Å²) in [6.45, 7) is 4.32. The van der Waals surface area contributed by atoms with Gasteiger partial charge in [0.05, 0.1) is 18.0 Å². The van der Waals surface area contributed by atoms with Crippen molar-refractivity contribution >= 4 is 17.2 Å². The standard InChI is InChI=1S/C17H21NO2S/c1-12(2)11-15(13-6-8-14(20-3)9-7-13)18-17(19)16-5-4-10-21-16/h4-10,12,15H,11H2,1-3H3,(H,18,19)/t15-/m1/s1. The van der Waals surface area contributed by atoms with Crippen LogP contribution in [-0.4, -0.2) is 13.0 Å².